The second-order valence-corrected chi connectivity index (χ2v) is 4.19. The summed E-state index contributed by atoms with van der Waals surface area (Å²) < 4.78 is 5.81. The zero-order chi connectivity index (χ0) is 10.7. The normalized spacial score (nSPS) is 24.1. The lowest BCUT2D eigenvalue weighted by Gasteiger charge is -2.16. The molecule has 1 aliphatic rings. The summed E-state index contributed by atoms with van der Waals surface area (Å²) >= 11 is 0. The first-order chi connectivity index (χ1) is 7.33. The maximum Gasteiger partial charge on any atom is 0.0808 e. The molecule has 1 aliphatic carbocycles. The number of rotatable bonds is 4. The Balaban J connectivity index is 1.97. The fourth-order valence-corrected chi connectivity index (χ4v) is 2.13. The molecule has 2 rings (SSSR count). The number of unbranched alkanes of at least 4 members (excludes halogenated alkanes) is 1. The molecule has 2 heteroatoms. The highest BCUT2D eigenvalue weighted by atomic mass is 16.5. The van der Waals surface area contributed by atoms with E-state index < -0.39 is 0 Å². The van der Waals surface area contributed by atoms with E-state index in [0.29, 0.717) is 0 Å². The number of hydrogen-bond acceptors (Lipinski definition) is 2. The van der Waals surface area contributed by atoms with Gasteiger partial charge in [-0.2, -0.15) is 0 Å². The Labute approximate surface area is 91.4 Å². The van der Waals surface area contributed by atoms with E-state index in [-0.39, 0.29) is 12.1 Å². The Bertz CT molecular complexity index is 324. The van der Waals surface area contributed by atoms with Crippen LogP contribution < -0.4 is 5.73 Å². The predicted octanol–water partition coefficient (Wildman–Crippen LogP) is 2.43. The molecule has 0 fully saturated rings. The van der Waals surface area contributed by atoms with E-state index in [2.05, 4.69) is 25.1 Å². The van der Waals surface area contributed by atoms with Gasteiger partial charge in [-0.3, -0.25) is 0 Å². The molecule has 0 aromatic heterocycles. The largest absolute Gasteiger partial charge is 0.376 e. The number of nitrogens with two attached hydrogens (primary N) is 1. The lowest BCUT2D eigenvalue weighted by atomic mass is 10.1. The molecule has 2 nitrogen and oxygen atoms in total. The van der Waals surface area contributed by atoms with Gasteiger partial charge in [0, 0.05) is 13.0 Å². The van der Waals surface area contributed by atoms with Crippen molar-refractivity contribution in [2.75, 3.05) is 6.61 Å². The van der Waals surface area contributed by atoms with Crippen molar-refractivity contribution < 1.29 is 4.74 Å². The Morgan fingerprint density at radius 1 is 1.40 bits per heavy atom. The maximum atomic E-state index is 6.15. The molecule has 0 aliphatic heterocycles. The van der Waals surface area contributed by atoms with Gasteiger partial charge in [-0.15, -0.1) is 0 Å². The molecule has 1 aromatic rings. The first kappa shape index (κ1) is 10.7. The zero-order valence-corrected chi connectivity index (χ0v) is 9.28. The van der Waals surface area contributed by atoms with Gasteiger partial charge in [-0.25, -0.2) is 0 Å². The summed E-state index contributed by atoms with van der Waals surface area (Å²) in [5, 5.41) is 0. The average Bonchev–Trinajstić information content (AvgIpc) is 2.57. The summed E-state index contributed by atoms with van der Waals surface area (Å²) in [4.78, 5) is 0. The van der Waals surface area contributed by atoms with E-state index in [4.69, 9.17) is 10.5 Å². The minimum Gasteiger partial charge on any atom is -0.376 e. The van der Waals surface area contributed by atoms with Crippen LogP contribution in [0.2, 0.25) is 0 Å². The third-order valence-corrected chi connectivity index (χ3v) is 3.07. The van der Waals surface area contributed by atoms with E-state index >= 15 is 0 Å². The van der Waals surface area contributed by atoms with Crippen molar-refractivity contribution in [3.63, 3.8) is 0 Å². The average molecular weight is 205 g/mol. The molecular formula is C13H19NO. The molecule has 0 bridgehead atoms. The minimum absolute atomic E-state index is 0.0676. The van der Waals surface area contributed by atoms with Gasteiger partial charge in [0.05, 0.1) is 12.1 Å². The SMILES string of the molecule is CCCCOC1Cc2ccccc2C1N. The van der Waals surface area contributed by atoms with Crippen LogP contribution in [0.15, 0.2) is 24.3 Å². The Hall–Kier alpha value is -0.860. The van der Waals surface area contributed by atoms with Crippen molar-refractivity contribution in [2.24, 2.45) is 5.73 Å². The van der Waals surface area contributed by atoms with E-state index in [0.717, 1.165) is 19.4 Å². The van der Waals surface area contributed by atoms with Gasteiger partial charge in [0.15, 0.2) is 0 Å². The van der Waals surface area contributed by atoms with Gasteiger partial charge in [0.1, 0.15) is 0 Å². The first-order valence-electron chi connectivity index (χ1n) is 5.78. The Morgan fingerprint density at radius 3 is 2.93 bits per heavy atom. The van der Waals surface area contributed by atoms with Crippen LogP contribution in [0.4, 0.5) is 0 Å². The van der Waals surface area contributed by atoms with Gasteiger partial charge in [-0.05, 0) is 17.5 Å². The Kier molecular flexibility index (Phi) is 3.39. The molecule has 0 saturated heterocycles. The van der Waals surface area contributed by atoms with Gasteiger partial charge in [-0.1, -0.05) is 37.6 Å². The summed E-state index contributed by atoms with van der Waals surface area (Å²) in [6.45, 7) is 3.01. The number of benzene rings is 1. The molecule has 0 amide bonds. The molecule has 0 spiro atoms. The fourth-order valence-electron chi connectivity index (χ4n) is 2.13. The quantitative estimate of drug-likeness (QED) is 0.766. The summed E-state index contributed by atoms with van der Waals surface area (Å²) in [6.07, 6.45) is 3.46. The van der Waals surface area contributed by atoms with Crippen LogP contribution in [-0.4, -0.2) is 12.7 Å². The van der Waals surface area contributed by atoms with Crippen LogP contribution in [0.25, 0.3) is 0 Å². The van der Waals surface area contributed by atoms with Crippen LogP contribution in [0.3, 0.4) is 0 Å². The third-order valence-electron chi connectivity index (χ3n) is 3.07. The van der Waals surface area contributed by atoms with Crippen molar-refractivity contribution in [3.8, 4) is 0 Å². The fraction of sp³-hybridized carbons (Fsp3) is 0.538. The topological polar surface area (TPSA) is 35.2 Å². The predicted molar refractivity (Wildman–Crippen MR) is 61.7 cm³/mol. The lowest BCUT2D eigenvalue weighted by Crippen LogP contribution is -2.25. The first-order valence-corrected chi connectivity index (χ1v) is 5.78. The van der Waals surface area contributed by atoms with Gasteiger partial charge in [0.25, 0.3) is 0 Å². The number of hydrogen-bond donors (Lipinski definition) is 1. The molecular weight excluding hydrogens is 186 g/mol. The molecule has 82 valence electrons. The standard InChI is InChI=1S/C13H19NO/c1-2-3-8-15-12-9-10-6-4-5-7-11(10)13(12)14/h4-7,12-13H,2-3,8-9,14H2,1H3. The van der Waals surface area contributed by atoms with Crippen LogP contribution >= 0.6 is 0 Å². The highest BCUT2D eigenvalue weighted by Gasteiger charge is 2.29. The zero-order valence-electron chi connectivity index (χ0n) is 9.28. The molecule has 2 atom stereocenters. The molecule has 1 aromatic carbocycles. The third kappa shape index (κ3) is 2.21. The van der Waals surface area contributed by atoms with E-state index in [9.17, 15) is 0 Å². The van der Waals surface area contributed by atoms with Crippen LogP contribution in [0.5, 0.6) is 0 Å². The van der Waals surface area contributed by atoms with E-state index in [1.165, 1.54) is 17.5 Å². The summed E-state index contributed by atoms with van der Waals surface area (Å²) in [7, 11) is 0. The van der Waals surface area contributed by atoms with Crippen molar-refractivity contribution in [1.29, 1.82) is 0 Å². The minimum atomic E-state index is 0.0676. The van der Waals surface area contributed by atoms with Crippen molar-refractivity contribution in [3.05, 3.63) is 35.4 Å². The van der Waals surface area contributed by atoms with Gasteiger partial charge in [0.2, 0.25) is 0 Å². The summed E-state index contributed by atoms with van der Waals surface area (Å²) in [5.41, 5.74) is 8.76. The molecule has 15 heavy (non-hydrogen) atoms. The highest BCUT2D eigenvalue weighted by molar-refractivity contribution is 5.36. The molecule has 0 saturated carbocycles. The van der Waals surface area contributed by atoms with Crippen molar-refractivity contribution in [2.45, 2.75) is 38.3 Å². The summed E-state index contributed by atoms with van der Waals surface area (Å²) in [6, 6.07) is 8.45. The monoisotopic (exact) mass is 205 g/mol. The van der Waals surface area contributed by atoms with Crippen LogP contribution in [0.1, 0.15) is 36.9 Å². The number of fused-ring (bicyclic) bond motifs is 1. The molecule has 0 radical (unpaired) electrons. The molecule has 2 N–H and O–H groups in total. The second kappa shape index (κ2) is 4.77. The van der Waals surface area contributed by atoms with Crippen LogP contribution in [0, 0.1) is 0 Å². The Morgan fingerprint density at radius 2 is 2.20 bits per heavy atom. The van der Waals surface area contributed by atoms with Crippen LogP contribution in [-0.2, 0) is 11.2 Å². The molecule has 2 unspecified atom stereocenters. The smallest absolute Gasteiger partial charge is 0.0808 e. The van der Waals surface area contributed by atoms with E-state index in [1.807, 2.05) is 6.07 Å². The molecule has 0 heterocycles. The van der Waals surface area contributed by atoms with Crippen molar-refractivity contribution >= 4 is 0 Å². The van der Waals surface area contributed by atoms with E-state index in [1.54, 1.807) is 0 Å². The highest BCUT2D eigenvalue weighted by Crippen LogP contribution is 2.31. The van der Waals surface area contributed by atoms with Gasteiger partial charge < -0.3 is 10.5 Å². The second-order valence-electron chi connectivity index (χ2n) is 4.19. The number of ether oxygens (including phenoxy) is 1. The van der Waals surface area contributed by atoms with Gasteiger partial charge >= 0.3 is 0 Å². The maximum absolute atomic E-state index is 6.15. The summed E-state index contributed by atoms with van der Waals surface area (Å²) in [5.74, 6) is 0. The van der Waals surface area contributed by atoms with Crippen molar-refractivity contribution in [1.82, 2.24) is 0 Å². The lowest BCUT2D eigenvalue weighted by molar-refractivity contribution is 0.0419.